The number of hydrogen-bond acceptors (Lipinski definition) is 4. The van der Waals surface area contributed by atoms with Crippen molar-refractivity contribution < 1.29 is 22.0 Å². The normalized spacial score (nSPS) is 12.9. The SMILES string of the molecule is Cc1nc(NC(C)c2ccc(C(F)(F)F)cc2)c(C(=N)CC(F)F)c(=O)[nH]1. The van der Waals surface area contributed by atoms with Gasteiger partial charge in [-0.25, -0.2) is 13.8 Å². The van der Waals surface area contributed by atoms with Gasteiger partial charge in [-0.05, 0) is 31.5 Å². The highest BCUT2D eigenvalue weighted by Crippen LogP contribution is 2.30. The van der Waals surface area contributed by atoms with E-state index >= 15 is 0 Å². The summed E-state index contributed by atoms with van der Waals surface area (Å²) >= 11 is 0. The average molecular weight is 388 g/mol. The Kier molecular flexibility index (Phi) is 5.97. The molecule has 0 amide bonds. The van der Waals surface area contributed by atoms with E-state index in [9.17, 15) is 26.7 Å². The maximum atomic E-state index is 12.7. The van der Waals surface area contributed by atoms with Crippen molar-refractivity contribution in [1.82, 2.24) is 9.97 Å². The van der Waals surface area contributed by atoms with Crippen LogP contribution < -0.4 is 10.9 Å². The van der Waals surface area contributed by atoms with Crippen LogP contribution in [0.25, 0.3) is 0 Å². The summed E-state index contributed by atoms with van der Waals surface area (Å²) in [6.45, 7) is 3.09. The second-order valence-electron chi connectivity index (χ2n) is 5.93. The van der Waals surface area contributed by atoms with E-state index in [-0.39, 0.29) is 17.2 Å². The minimum atomic E-state index is -4.46. The highest BCUT2D eigenvalue weighted by Gasteiger charge is 2.30. The summed E-state index contributed by atoms with van der Waals surface area (Å²) in [5.41, 5.74) is -1.98. The van der Waals surface area contributed by atoms with Gasteiger partial charge in [0.1, 0.15) is 17.2 Å². The lowest BCUT2D eigenvalue weighted by atomic mass is 10.0. The number of nitrogens with one attached hydrogen (secondary N) is 3. The monoisotopic (exact) mass is 388 g/mol. The number of anilines is 1. The Labute approximate surface area is 151 Å². The molecule has 0 fully saturated rings. The molecule has 0 bridgehead atoms. The van der Waals surface area contributed by atoms with Crippen LogP contribution in [0.15, 0.2) is 29.1 Å². The molecule has 1 aromatic heterocycles. The first-order valence-electron chi connectivity index (χ1n) is 7.89. The van der Waals surface area contributed by atoms with E-state index in [1.807, 2.05) is 0 Å². The van der Waals surface area contributed by atoms with Crippen molar-refractivity contribution in [3.63, 3.8) is 0 Å². The molecule has 0 aliphatic heterocycles. The molecule has 0 saturated carbocycles. The zero-order valence-corrected chi connectivity index (χ0v) is 14.4. The fourth-order valence-corrected chi connectivity index (χ4v) is 2.48. The molecule has 5 nitrogen and oxygen atoms in total. The first-order valence-corrected chi connectivity index (χ1v) is 7.89. The van der Waals surface area contributed by atoms with Crippen molar-refractivity contribution in [2.24, 2.45) is 0 Å². The van der Waals surface area contributed by atoms with E-state index in [1.54, 1.807) is 6.92 Å². The Morgan fingerprint density at radius 3 is 2.37 bits per heavy atom. The predicted octanol–water partition coefficient (Wildman–Crippen LogP) is 4.29. The van der Waals surface area contributed by atoms with E-state index in [1.165, 1.54) is 19.1 Å². The molecule has 10 heteroatoms. The Hall–Kier alpha value is -2.78. The van der Waals surface area contributed by atoms with Gasteiger partial charge >= 0.3 is 6.18 Å². The molecular weight excluding hydrogens is 371 g/mol. The number of aromatic nitrogens is 2. The fraction of sp³-hybridized carbons (Fsp3) is 0.353. The third-order valence-corrected chi connectivity index (χ3v) is 3.79. The standard InChI is InChI=1S/C17H17F5N4O/c1-8(10-3-5-11(6-4-10)17(20,21)22)24-15-14(12(23)7-13(18)19)16(27)26-9(2)25-15/h3-6,8,13,23H,7H2,1-2H3,(H2,24,25,26,27). The largest absolute Gasteiger partial charge is 0.416 e. The van der Waals surface area contributed by atoms with Crippen molar-refractivity contribution in [2.75, 3.05) is 5.32 Å². The fourth-order valence-electron chi connectivity index (χ4n) is 2.48. The Morgan fingerprint density at radius 2 is 1.85 bits per heavy atom. The lowest BCUT2D eigenvalue weighted by molar-refractivity contribution is -0.137. The maximum absolute atomic E-state index is 12.7. The molecule has 1 atom stereocenters. The molecule has 1 aromatic carbocycles. The molecule has 0 radical (unpaired) electrons. The molecule has 2 rings (SSSR count). The van der Waals surface area contributed by atoms with E-state index in [0.29, 0.717) is 5.56 Å². The zero-order valence-electron chi connectivity index (χ0n) is 14.4. The summed E-state index contributed by atoms with van der Waals surface area (Å²) in [4.78, 5) is 18.5. The average Bonchev–Trinajstić information content (AvgIpc) is 2.52. The highest BCUT2D eigenvalue weighted by atomic mass is 19.4. The van der Waals surface area contributed by atoms with E-state index in [4.69, 9.17) is 5.41 Å². The number of alkyl halides is 5. The summed E-state index contributed by atoms with van der Waals surface area (Å²) in [7, 11) is 0. The Morgan fingerprint density at radius 1 is 1.26 bits per heavy atom. The van der Waals surface area contributed by atoms with Crippen LogP contribution in [0.4, 0.5) is 27.8 Å². The Balaban J connectivity index is 2.33. The van der Waals surface area contributed by atoms with Crippen molar-refractivity contribution >= 4 is 11.5 Å². The van der Waals surface area contributed by atoms with Crippen LogP contribution >= 0.6 is 0 Å². The van der Waals surface area contributed by atoms with Crippen LogP contribution in [0.3, 0.4) is 0 Å². The second-order valence-corrected chi connectivity index (χ2v) is 5.93. The van der Waals surface area contributed by atoms with Crippen molar-refractivity contribution in [3.8, 4) is 0 Å². The molecule has 0 saturated heterocycles. The molecule has 146 valence electrons. The summed E-state index contributed by atoms with van der Waals surface area (Å²) in [5, 5.41) is 10.6. The first kappa shape index (κ1) is 20.5. The van der Waals surface area contributed by atoms with Gasteiger partial charge in [-0.15, -0.1) is 0 Å². The quantitative estimate of drug-likeness (QED) is 0.510. The van der Waals surface area contributed by atoms with Crippen LogP contribution in [0.5, 0.6) is 0 Å². The van der Waals surface area contributed by atoms with E-state index in [0.717, 1.165) is 12.1 Å². The molecule has 2 aromatic rings. The minimum absolute atomic E-state index is 0.0747. The van der Waals surface area contributed by atoms with Gasteiger partial charge in [-0.3, -0.25) is 4.79 Å². The molecule has 27 heavy (non-hydrogen) atoms. The number of benzene rings is 1. The summed E-state index contributed by atoms with van der Waals surface area (Å²) < 4.78 is 63.1. The van der Waals surface area contributed by atoms with Crippen molar-refractivity contribution in [1.29, 1.82) is 5.41 Å². The van der Waals surface area contributed by atoms with E-state index < -0.39 is 41.9 Å². The topological polar surface area (TPSA) is 81.6 Å². The van der Waals surface area contributed by atoms with Crippen LogP contribution in [-0.2, 0) is 6.18 Å². The van der Waals surface area contributed by atoms with E-state index in [2.05, 4.69) is 15.3 Å². The molecule has 0 spiro atoms. The third-order valence-electron chi connectivity index (χ3n) is 3.79. The summed E-state index contributed by atoms with van der Waals surface area (Å²) in [6, 6.07) is 3.79. The number of rotatable bonds is 6. The van der Waals surface area contributed by atoms with Gasteiger partial charge in [0.15, 0.2) is 0 Å². The van der Waals surface area contributed by atoms with Gasteiger partial charge in [-0.1, -0.05) is 12.1 Å². The lowest BCUT2D eigenvalue weighted by Crippen LogP contribution is -2.25. The van der Waals surface area contributed by atoms with Crippen LogP contribution in [0.1, 0.15) is 41.9 Å². The van der Waals surface area contributed by atoms with Crippen LogP contribution in [0.2, 0.25) is 0 Å². The first-order chi connectivity index (χ1) is 12.5. The molecule has 1 heterocycles. The van der Waals surface area contributed by atoms with Gasteiger partial charge in [-0.2, -0.15) is 13.2 Å². The Bertz CT molecular complexity index is 874. The van der Waals surface area contributed by atoms with Crippen molar-refractivity contribution in [3.05, 3.63) is 57.1 Å². The molecule has 1 unspecified atom stereocenters. The lowest BCUT2D eigenvalue weighted by Gasteiger charge is -2.18. The number of aromatic amines is 1. The summed E-state index contributed by atoms with van der Waals surface area (Å²) in [5.74, 6) is 0.130. The number of H-pyrrole nitrogens is 1. The third kappa shape index (κ3) is 5.11. The molecule has 3 N–H and O–H groups in total. The second kappa shape index (κ2) is 7.85. The zero-order chi connectivity index (χ0) is 20.4. The van der Waals surface area contributed by atoms with Gasteiger partial charge in [0.25, 0.3) is 5.56 Å². The summed E-state index contributed by atoms with van der Waals surface area (Å²) in [6.07, 6.45) is -8.19. The van der Waals surface area contributed by atoms with Gasteiger partial charge in [0.2, 0.25) is 6.43 Å². The number of halogens is 5. The number of hydrogen-bond donors (Lipinski definition) is 3. The van der Waals surface area contributed by atoms with Gasteiger partial charge in [0, 0.05) is 6.04 Å². The number of aryl methyl sites for hydroxylation is 1. The van der Waals surface area contributed by atoms with Gasteiger partial charge < -0.3 is 15.7 Å². The van der Waals surface area contributed by atoms with Crippen molar-refractivity contribution in [2.45, 2.75) is 38.9 Å². The smallest absolute Gasteiger partial charge is 0.363 e. The predicted molar refractivity (Wildman–Crippen MR) is 90.5 cm³/mol. The van der Waals surface area contributed by atoms with Crippen LogP contribution in [-0.4, -0.2) is 22.1 Å². The maximum Gasteiger partial charge on any atom is 0.416 e. The number of nitrogens with zero attached hydrogens (tertiary/aromatic N) is 1. The molecule has 0 aliphatic rings. The minimum Gasteiger partial charge on any atom is -0.363 e. The van der Waals surface area contributed by atoms with Gasteiger partial charge in [0.05, 0.1) is 17.7 Å². The highest BCUT2D eigenvalue weighted by molar-refractivity contribution is 6.02. The molecule has 0 aliphatic carbocycles. The molecular formula is C17H17F5N4O. The van der Waals surface area contributed by atoms with Crippen LogP contribution in [0, 0.1) is 12.3 Å².